The van der Waals surface area contributed by atoms with Crippen LogP contribution in [0.2, 0.25) is 0 Å². The third-order valence-corrected chi connectivity index (χ3v) is 15.8. The molecule has 12 aromatic rings. The van der Waals surface area contributed by atoms with Crippen molar-refractivity contribution in [2.45, 2.75) is 38.5 Å². The molecule has 1 spiro atoms. The lowest BCUT2D eigenvalue weighted by Crippen LogP contribution is -2.27. The van der Waals surface area contributed by atoms with Gasteiger partial charge in [-0.3, -0.25) is 0 Å². The molecule has 0 aliphatic heterocycles. The third kappa shape index (κ3) is 6.40. The number of rotatable bonds is 8. The Labute approximate surface area is 439 Å². The molecule has 2 heterocycles. The summed E-state index contributed by atoms with van der Waals surface area (Å²) < 4.78 is 48.4. The highest BCUT2D eigenvalue weighted by atomic mass is 19.1. The molecule has 6 heteroatoms. The molecule has 0 bridgehead atoms. The Morgan fingerprint density at radius 1 is 0.500 bits per heavy atom. The van der Waals surface area contributed by atoms with Crippen molar-refractivity contribution in [3.8, 4) is 22.3 Å². The Morgan fingerprint density at radius 2 is 1.03 bits per heavy atom. The summed E-state index contributed by atoms with van der Waals surface area (Å²) >= 11 is 0. The van der Waals surface area contributed by atoms with Crippen molar-refractivity contribution in [1.29, 1.82) is 0 Å². The van der Waals surface area contributed by atoms with Crippen LogP contribution < -0.4 is 9.80 Å². The zero-order chi connectivity index (χ0) is 51.6. The summed E-state index contributed by atoms with van der Waals surface area (Å²) in [5.41, 5.74) is 14.7. The molecule has 0 radical (unpaired) electrons. The fraction of sp³-hybridized carbons (Fsp3) is 0.0857. The Balaban J connectivity index is 1.21. The van der Waals surface area contributed by atoms with E-state index in [1.807, 2.05) is 71.3 Å². The highest BCUT2D eigenvalue weighted by Crippen LogP contribution is 2.68. The number of hydrogen-bond acceptors (Lipinski definition) is 4. The monoisotopic (exact) mass is 988 g/mol. The molecule has 10 aromatic carbocycles. The lowest BCUT2D eigenvalue weighted by Gasteiger charge is -2.33. The average Bonchev–Trinajstić information content (AvgIpc) is 4.35. The molecule has 2 aliphatic carbocycles. The largest absolute Gasteiger partial charge is 0.454 e. The average molecular weight is 989 g/mol. The van der Waals surface area contributed by atoms with Gasteiger partial charge in [-0.05, 0) is 146 Å². The molecular formula is C70H50F2N2O2. The molecule has 0 N–H and O–H groups in total. The van der Waals surface area contributed by atoms with Gasteiger partial charge >= 0.3 is 0 Å². The number of para-hydroxylation sites is 3. The summed E-state index contributed by atoms with van der Waals surface area (Å²) in [7, 11) is 0. The van der Waals surface area contributed by atoms with Crippen LogP contribution in [0, 0.1) is 11.6 Å². The van der Waals surface area contributed by atoms with Crippen molar-refractivity contribution in [2.75, 3.05) is 9.80 Å². The van der Waals surface area contributed by atoms with Crippen molar-refractivity contribution in [3.05, 3.63) is 264 Å². The molecule has 0 fully saturated rings. The smallest absolute Gasteiger partial charge is 0.160 e. The zero-order valence-electron chi connectivity index (χ0n) is 42.5. The van der Waals surface area contributed by atoms with E-state index >= 15 is 8.78 Å². The van der Waals surface area contributed by atoms with Gasteiger partial charge in [-0.1, -0.05) is 173 Å². The molecule has 0 atom stereocenters. The molecule has 2 aromatic heterocycles. The van der Waals surface area contributed by atoms with Gasteiger partial charge in [-0.15, -0.1) is 0 Å². The van der Waals surface area contributed by atoms with E-state index in [1.54, 1.807) is 18.2 Å². The van der Waals surface area contributed by atoms with E-state index in [0.717, 1.165) is 93.9 Å². The van der Waals surface area contributed by atoms with E-state index in [-0.39, 0.29) is 17.0 Å². The van der Waals surface area contributed by atoms with Gasteiger partial charge in [0, 0.05) is 33.1 Å². The standard InChI is InChI=1S/C70H50F2N2O2/c1-6-20-49-61(7-2)75-67-60(74(58-31-18-16-29-56(58)72)46-36-33-42-21-8-9-22-43(42)39-46)41-54-65(63(49)67)66-53(70(54)51-26-13-10-23-47(51)48-24-11-14-27-52(48)70)40-59(68-64(66)50-25-12-19-32-62(50)76-68)73(57-30-17-15-28-55(57)71)45-37-34-44(35-38-45)69(3,4)5/h6-41H,2H2,1,3-5H3/b20-6-. The van der Waals surface area contributed by atoms with Crippen molar-refractivity contribution < 1.29 is 17.6 Å². The molecular weight excluding hydrogens is 939 g/mol. The predicted octanol–water partition coefficient (Wildman–Crippen LogP) is 20.0. The van der Waals surface area contributed by atoms with Crippen LogP contribution in [0.4, 0.5) is 42.9 Å². The second-order valence-corrected chi connectivity index (χ2v) is 21.0. The topological polar surface area (TPSA) is 32.8 Å². The summed E-state index contributed by atoms with van der Waals surface area (Å²) in [4.78, 5) is 4.04. The first-order chi connectivity index (χ1) is 37.1. The van der Waals surface area contributed by atoms with Gasteiger partial charge in [0.25, 0.3) is 0 Å². The van der Waals surface area contributed by atoms with E-state index in [1.165, 1.54) is 12.1 Å². The summed E-state index contributed by atoms with van der Waals surface area (Å²) in [6.45, 7) is 12.9. The number of halogens is 2. The second-order valence-electron chi connectivity index (χ2n) is 21.0. The summed E-state index contributed by atoms with van der Waals surface area (Å²) in [6.07, 6.45) is 5.89. The van der Waals surface area contributed by atoms with E-state index in [9.17, 15) is 0 Å². The summed E-state index contributed by atoms with van der Waals surface area (Å²) in [6, 6.07) is 67.0. The predicted molar refractivity (Wildman–Crippen MR) is 310 cm³/mol. The minimum atomic E-state index is -0.998. The van der Waals surface area contributed by atoms with Gasteiger partial charge in [0.1, 0.15) is 23.0 Å². The van der Waals surface area contributed by atoms with Gasteiger partial charge in [0.05, 0.1) is 28.2 Å². The van der Waals surface area contributed by atoms with Gasteiger partial charge in [-0.2, -0.15) is 0 Å². The molecule has 0 saturated heterocycles. The number of benzene rings is 10. The lowest BCUT2D eigenvalue weighted by molar-refractivity contribution is 0.590. The first-order valence-electron chi connectivity index (χ1n) is 25.9. The number of furan rings is 2. The maximum atomic E-state index is 17.0. The van der Waals surface area contributed by atoms with Crippen LogP contribution in [-0.4, -0.2) is 0 Å². The third-order valence-electron chi connectivity index (χ3n) is 15.8. The van der Waals surface area contributed by atoms with E-state index in [2.05, 4.69) is 161 Å². The fourth-order valence-electron chi connectivity index (χ4n) is 12.6. The van der Waals surface area contributed by atoms with E-state index in [0.29, 0.717) is 45.3 Å². The summed E-state index contributed by atoms with van der Waals surface area (Å²) in [5.74, 6) is -0.178. The molecule has 0 unspecified atom stereocenters. The van der Waals surface area contributed by atoms with Crippen molar-refractivity contribution in [2.24, 2.45) is 0 Å². The van der Waals surface area contributed by atoms with Gasteiger partial charge in [-0.25, -0.2) is 8.78 Å². The lowest BCUT2D eigenvalue weighted by atomic mass is 9.70. The van der Waals surface area contributed by atoms with Gasteiger partial charge in [0.15, 0.2) is 11.2 Å². The first-order valence-corrected chi connectivity index (χ1v) is 25.9. The Kier molecular flexibility index (Phi) is 10.1. The molecule has 4 nitrogen and oxygen atoms in total. The number of nitrogens with zero attached hydrogens (tertiary/aromatic N) is 2. The van der Waals surface area contributed by atoms with Crippen molar-refractivity contribution in [3.63, 3.8) is 0 Å². The normalized spacial score (nSPS) is 13.2. The van der Waals surface area contributed by atoms with Gasteiger partial charge in [0.2, 0.25) is 0 Å². The molecule has 0 amide bonds. The number of hydrogen-bond donors (Lipinski definition) is 0. The van der Waals surface area contributed by atoms with Crippen LogP contribution in [0.25, 0.3) is 78.1 Å². The zero-order valence-corrected chi connectivity index (χ0v) is 42.5. The van der Waals surface area contributed by atoms with Crippen LogP contribution in [0.15, 0.2) is 222 Å². The van der Waals surface area contributed by atoms with Crippen LogP contribution >= 0.6 is 0 Å². The SMILES string of the molecule is C=Cc1oc2c(N(c3ccc4ccccc4c3)c3ccccc3F)cc3c(c2c1/C=C\C)-c1c(cc(N(c2ccc(C(C)(C)C)cc2)c2ccccc2F)c2oc4ccccc4c12)C31c2ccccc2-c2ccccc21. The van der Waals surface area contributed by atoms with Crippen molar-refractivity contribution in [1.82, 2.24) is 0 Å². The Morgan fingerprint density at radius 3 is 1.64 bits per heavy atom. The highest BCUT2D eigenvalue weighted by Gasteiger charge is 2.54. The molecule has 14 rings (SSSR count). The fourth-order valence-corrected chi connectivity index (χ4v) is 12.6. The maximum Gasteiger partial charge on any atom is 0.160 e. The quantitative estimate of drug-likeness (QED) is 0.152. The van der Waals surface area contributed by atoms with Gasteiger partial charge < -0.3 is 18.6 Å². The second kappa shape index (κ2) is 16.9. The number of fused-ring (bicyclic) bond motifs is 17. The van der Waals surface area contributed by atoms with E-state index < -0.39 is 5.41 Å². The number of allylic oxidation sites excluding steroid dienone is 1. The molecule has 0 saturated carbocycles. The maximum absolute atomic E-state index is 17.0. The minimum absolute atomic E-state index is 0.118. The molecule has 76 heavy (non-hydrogen) atoms. The molecule has 2 aliphatic rings. The minimum Gasteiger partial charge on any atom is -0.454 e. The molecule has 366 valence electrons. The van der Waals surface area contributed by atoms with Crippen LogP contribution in [0.5, 0.6) is 0 Å². The van der Waals surface area contributed by atoms with Crippen molar-refractivity contribution >= 4 is 90.0 Å². The number of anilines is 6. The van der Waals surface area contributed by atoms with E-state index in [4.69, 9.17) is 8.83 Å². The van der Waals surface area contributed by atoms with Crippen LogP contribution in [-0.2, 0) is 10.8 Å². The van der Waals surface area contributed by atoms with Crippen LogP contribution in [0.3, 0.4) is 0 Å². The Bertz CT molecular complexity index is 4370. The summed E-state index contributed by atoms with van der Waals surface area (Å²) in [5, 5.41) is 4.73. The first kappa shape index (κ1) is 45.4. The highest BCUT2D eigenvalue weighted by molar-refractivity contribution is 6.25. The Hall–Kier alpha value is -9.26. The van der Waals surface area contributed by atoms with Crippen LogP contribution in [0.1, 0.15) is 66.8 Å².